The molecule has 104 valence electrons. The Balaban J connectivity index is 1.92. The predicted octanol–water partition coefficient (Wildman–Crippen LogP) is 2.73. The predicted molar refractivity (Wildman–Crippen MR) is 76.8 cm³/mol. The normalized spacial score (nSPS) is 18.5. The van der Waals surface area contributed by atoms with Crippen molar-refractivity contribution in [3.8, 4) is 0 Å². The van der Waals surface area contributed by atoms with Crippen LogP contribution in [-0.2, 0) is 4.74 Å². The zero-order chi connectivity index (χ0) is 13.8. The molecule has 0 aromatic heterocycles. The summed E-state index contributed by atoms with van der Waals surface area (Å²) in [6.07, 6.45) is 1.96. The molecule has 1 atom stereocenters. The highest BCUT2D eigenvalue weighted by atomic mass is 35.5. The fraction of sp³-hybridized carbons (Fsp3) is 0.462. The Labute approximate surface area is 122 Å². The number of amides is 1. The highest BCUT2D eigenvalue weighted by Crippen LogP contribution is 2.28. The van der Waals surface area contributed by atoms with Crippen LogP contribution < -0.4 is 11.1 Å². The highest BCUT2D eigenvalue weighted by molar-refractivity contribution is 6.44. The molecule has 4 nitrogen and oxygen atoms in total. The van der Waals surface area contributed by atoms with E-state index in [0.29, 0.717) is 23.7 Å². The monoisotopic (exact) mass is 302 g/mol. The van der Waals surface area contributed by atoms with E-state index in [2.05, 4.69) is 5.32 Å². The SMILES string of the molecule is Nc1cc(Cl)c(Cl)c(C(=O)NCCC2CCOC2)c1. The van der Waals surface area contributed by atoms with E-state index in [0.717, 1.165) is 26.1 Å². The summed E-state index contributed by atoms with van der Waals surface area (Å²) >= 11 is 11.9. The van der Waals surface area contributed by atoms with Crippen molar-refractivity contribution in [1.29, 1.82) is 0 Å². The van der Waals surface area contributed by atoms with Crippen molar-refractivity contribution in [2.45, 2.75) is 12.8 Å². The van der Waals surface area contributed by atoms with E-state index >= 15 is 0 Å². The molecule has 1 amide bonds. The van der Waals surface area contributed by atoms with Gasteiger partial charge in [-0.15, -0.1) is 0 Å². The first-order valence-corrected chi connectivity index (χ1v) is 6.94. The van der Waals surface area contributed by atoms with Crippen LogP contribution in [0.4, 0.5) is 5.69 Å². The van der Waals surface area contributed by atoms with E-state index < -0.39 is 0 Å². The molecule has 1 fully saturated rings. The van der Waals surface area contributed by atoms with Gasteiger partial charge in [0.15, 0.2) is 0 Å². The molecule has 6 heteroatoms. The third kappa shape index (κ3) is 3.75. The first-order valence-electron chi connectivity index (χ1n) is 6.18. The first-order chi connectivity index (χ1) is 9.08. The van der Waals surface area contributed by atoms with Crippen LogP contribution >= 0.6 is 23.2 Å². The minimum absolute atomic E-state index is 0.234. The molecule has 19 heavy (non-hydrogen) atoms. The van der Waals surface area contributed by atoms with Crippen molar-refractivity contribution in [3.05, 3.63) is 27.7 Å². The third-order valence-electron chi connectivity index (χ3n) is 3.16. The smallest absolute Gasteiger partial charge is 0.252 e. The Bertz CT molecular complexity index is 474. The summed E-state index contributed by atoms with van der Waals surface area (Å²) < 4.78 is 5.28. The summed E-state index contributed by atoms with van der Waals surface area (Å²) in [5, 5.41) is 3.35. The van der Waals surface area contributed by atoms with Gasteiger partial charge in [-0.2, -0.15) is 0 Å². The van der Waals surface area contributed by atoms with Gasteiger partial charge in [-0.25, -0.2) is 0 Å². The van der Waals surface area contributed by atoms with Crippen molar-refractivity contribution in [2.75, 3.05) is 25.5 Å². The number of halogens is 2. The minimum atomic E-state index is -0.252. The van der Waals surface area contributed by atoms with Crippen molar-refractivity contribution in [3.63, 3.8) is 0 Å². The second kappa shape index (κ2) is 6.46. The molecule has 0 aliphatic carbocycles. The van der Waals surface area contributed by atoms with Gasteiger partial charge < -0.3 is 15.8 Å². The third-order valence-corrected chi connectivity index (χ3v) is 3.96. The van der Waals surface area contributed by atoms with Crippen LogP contribution in [0.15, 0.2) is 12.1 Å². The second-order valence-electron chi connectivity index (χ2n) is 4.64. The maximum absolute atomic E-state index is 12.0. The number of ether oxygens (including phenoxy) is 1. The molecule has 1 saturated heterocycles. The Kier molecular flexibility index (Phi) is 4.91. The van der Waals surface area contributed by atoms with Crippen LogP contribution in [0.1, 0.15) is 23.2 Å². The molecule has 3 N–H and O–H groups in total. The number of nitrogens with one attached hydrogen (secondary N) is 1. The maximum atomic E-state index is 12.0. The van der Waals surface area contributed by atoms with Crippen molar-refractivity contribution < 1.29 is 9.53 Å². The van der Waals surface area contributed by atoms with Crippen molar-refractivity contribution in [1.82, 2.24) is 5.32 Å². The van der Waals surface area contributed by atoms with Crippen LogP contribution in [0.3, 0.4) is 0 Å². The van der Waals surface area contributed by atoms with E-state index in [1.54, 1.807) is 0 Å². The van der Waals surface area contributed by atoms with E-state index in [1.165, 1.54) is 12.1 Å². The lowest BCUT2D eigenvalue weighted by Crippen LogP contribution is -2.26. The van der Waals surface area contributed by atoms with Gasteiger partial charge in [0, 0.05) is 25.4 Å². The summed E-state index contributed by atoms with van der Waals surface area (Å²) in [6.45, 7) is 2.19. The quantitative estimate of drug-likeness (QED) is 0.841. The zero-order valence-electron chi connectivity index (χ0n) is 10.4. The molecule has 0 bridgehead atoms. The summed E-state index contributed by atoms with van der Waals surface area (Å²) in [7, 11) is 0. The number of carbonyl (C=O) groups excluding carboxylic acids is 1. The zero-order valence-corrected chi connectivity index (χ0v) is 11.9. The fourth-order valence-electron chi connectivity index (χ4n) is 2.07. The van der Waals surface area contributed by atoms with Gasteiger partial charge in [-0.1, -0.05) is 23.2 Å². The van der Waals surface area contributed by atoms with Crippen LogP contribution in [0.25, 0.3) is 0 Å². The van der Waals surface area contributed by atoms with Gasteiger partial charge in [0.2, 0.25) is 0 Å². The lowest BCUT2D eigenvalue weighted by atomic mass is 10.1. The summed E-state index contributed by atoms with van der Waals surface area (Å²) in [5.74, 6) is 0.276. The number of nitrogens with two attached hydrogens (primary N) is 1. The molecular weight excluding hydrogens is 287 g/mol. The average Bonchev–Trinajstić information content (AvgIpc) is 2.86. The standard InChI is InChI=1S/C13H16Cl2N2O2/c14-11-6-9(16)5-10(12(11)15)13(18)17-3-1-8-2-4-19-7-8/h5-6,8H,1-4,7,16H2,(H,17,18). The first kappa shape index (κ1) is 14.4. The molecule has 0 saturated carbocycles. The molecule has 0 spiro atoms. The molecule has 1 aromatic carbocycles. The summed E-state index contributed by atoms with van der Waals surface area (Å²) in [5.41, 5.74) is 6.39. The van der Waals surface area contributed by atoms with E-state index in [9.17, 15) is 4.79 Å². The summed E-state index contributed by atoms with van der Waals surface area (Å²) in [6, 6.07) is 3.05. The number of rotatable bonds is 4. The Morgan fingerprint density at radius 3 is 2.95 bits per heavy atom. The highest BCUT2D eigenvalue weighted by Gasteiger charge is 2.17. The lowest BCUT2D eigenvalue weighted by molar-refractivity contribution is 0.0950. The topological polar surface area (TPSA) is 64.4 Å². The average molecular weight is 303 g/mol. The van der Waals surface area contributed by atoms with E-state index in [-0.39, 0.29) is 16.0 Å². The Morgan fingerprint density at radius 2 is 2.26 bits per heavy atom. The molecule has 1 aliphatic rings. The Morgan fingerprint density at radius 1 is 1.47 bits per heavy atom. The number of carbonyl (C=O) groups is 1. The molecule has 1 unspecified atom stereocenters. The Hall–Kier alpha value is -0.970. The fourth-order valence-corrected chi connectivity index (χ4v) is 2.49. The van der Waals surface area contributed by atoms with Gasteiger partial charge in [0.25, 0.3) is 5.91 Å². The molecule has 1 heterocycles. The van der Waals surface area contributed by atoms with Crippen LogP contribution in [0.2, 0.25) is 10.0 Å². The molecular formula is C13H16Cl2N2O2. The second-order valence-corrected chi connectivity index (χ2v) is 5.42. The molecule has 1 aromatic rings. The number of anilines is 1. The van der Waals surface area contributed by atoms with Crippen molar-refractivity contribution >= 4 is 34.8 Å². The number of benzene rings is 1. The van der Waals surface area contributed by atoms with Gasteiger partial charge >= 0.3 is 0 Å². The largest absolute Gasteiger partial charge is 0.399 e. The van der Waals surface area contributed by atoms with Gasteiger partial charge in [0.05, 0.1) is 15.6 Å². The van der Waals surface area contributed by atoms with E-state index in [1.807, 2.05) is 0 Å². The van der Waals surface area contributed by atoms with Crippen LogP contribution in [-0.4, -0.2) is 25.7 Å². The minimum Gasteiger partial charge on any atom is -0.399 e. The van der Waals surface area contributed by atoms with Crippen LogP contribution in [0, 0.1) is 5.92 Å². The molecule has 0 radical (unpaired) electrons. The molecule has 2 rings (SSSR count). The maximum Gasteiger partial charge on any atom is 0.252 e. The summed E-state index contributed by atoms with van der Waals surface area (Å²) in [4.78, 5) is 12.0. The lowest BCUT2D eigenvalue weighted by Gasteiger charge is -2.11. The number of nitrogen functional groups attached to an aromatic ring is 1. The van der Waals surface area contributed by atoms with Gasteiger partial charge in [-0.05, 0) is 30.9 Å². The molecule has 1 aliphatic heterocycles. The number of hydrogen-bond acceptors (Lipinski definition) is 3. The van der Waals surface area contributed by atoms with E-state index in [4.69, 9.17) is 33.7 Å². The van der Waals surface area contributed by atoms with Crippen molar-refractivity contribution in [2.24, 2.45) is 5.92 Å². The van der Waals surface area contributed by atoms with Gasteiger partial charge in [-0.3, -0.25) is 4.79 Å². The number of hydrogen-bond donors (Lipinski definition) is 2. The van der Waals surface area contributed by atoms with Gasteiger partial charge in [0.1, 0.15) is 0 Å². The van der Waals surface area contributed by atoms with Crippen LogP contribution in [0.5, 0.6) is 0 Å².